The average molecular weight is 355 g/mol. The number of ether oxygens (including phenoxy) is 2. The fraction of sp³-hybridized carbons (Fsp3) is 0.947. The van der Waals surface area contributed by atoms with Crippen LogP contribution in [-0.2, 0) is 9.47 Å². The van der Waals surface area contributed by atoms with E-state index in [9.17, 15) is 0 Å². The lowest BCUT2D eigenvalue weighted by Gasteiger charge is -2.34. The van der Waals surface area contributed by atoms with E-state index < -0.39 is 0 Å². The number of hydrogen-bond donors (Lipinski definition) is 1. The number of aliphatic imine (C=N–C) groups is 1. The predicted molar refractivity (Wildman–Crippen MR) is 103 cm³/mol. The van der Waals surface area contributed by atoms with Crippen molar-refractivity contribution in [3.63, 3.8) is 0 Å². The third-order valence-electron chi connectivity index (χ3n) is 5.26. The van der Waals surface area contributed by atoms with Gasteiger partial charge < -0.3 is 24.6 Å². The second-order valence-electron chi connectivity index (χ2n) is 7.29. The minimum Gasteiger partial charge on any atom is -0.385 e. The zero-order chi connectivity index (χ0) is 17.9. The van der Waals surface area contributed by atoms with Gasteiger partial charge in [-0.15, -0.1) is 0 Å². The Morgan fingerprint density at radius 3 is 2.64 bits per heavy atom. The van der Waals surface area contributed by atoms with Gasteiger partial charge in [0.25, 0.3) is 0 Å². The van der Waals surface area contributed by atoms with Crippen LogP contribution < -0.4 is 5.32 Å². The zero-order valence-corrected chi connectivity index (χ0v) is 16.5. The van der Waals surface area contributed by atoms with Crippen molar-refractivity contribution in [2.24, 2.45) is 10.9 Å². The Morgan fingerprint density at radius 1 is 1.16 bits per heavy atom. The molecule has 2 aliphatic rings. The Hall–Kier alpha value is -0.850. The van der Waals surface area contributed by atoms with E-state index >= 15 is 0 Å². The minimum atomic E-state index is 0.392. The molecule has 0 amide bonds. The third kappa shape index (κ3) is 7.12. The van der Waals surface area contributed by atoms with Crippen molar-refractivity contribution in [3.05, 3.63) is 0 Å². The van der Waals surface area contributed by atoms with Crippen molar-refractivity contribution in [1.82, 2.24) is 15.1 Å². The molecule has 0 bridgehead atoms. The number of nitrogens with zero attached hydrogens (tertiary/aromatic N) is 3. The normalized spacial score (nSPS) is 23.4. The molecule has 6 heteroatoms. The highest BCUT2D eigenvalue weighted by Gasteiger charge is 2.24. The first-order chi connectivity index (χ1) is 12.3. The molecule has 1 atom stereocenters. The second-order valence-corrected chi connectivity index (χ2v) is 7.29. The summed E-state index contributed by atoms with van der Waals surface area (Å²) in [6, 6.07) is 0. The molecule has 2 fully saturated rings. The topological polar surface area (TPSA) is 49.3 Å². The highest BCUT2D eigenvalue weighted by Crippen LogP contribution is 2.17. The SMILES string of the molecule is CCCN1CCC(CNC(=NC)N2CCC(OCCCOC)CC2)C1. The van der Waals surface area contributed by atoms with Crippen LogP contribution in [0.3, 0.4) is 0 Å². The first kappa shape index (κ1) is 20.5. The summed E-state index contributed by atoms with van der Waals surface area (Å²) in [6.45, 7) is 10.7. The van der Waals surface area contributed by atoms with Crippen molar-refractivity contribution in [3.8, 4) is 0 Å². The average Bonchev–Trinajstić information content (AvgIpc) is 3.08. The van der Waals surface area contributed by atoms with Crippen LogP contribution in [0.15, 0.2) is 4.99 Å². The number of piperidine rings is 1. The molecule has 0 saturated carbocycles. The summed E-state index contributed by atoms with van der Waals surface area (Å²) >= 11 is 0. The quantitative estimate of drug-likeness (QED) is 0.389. The van der Waals surface area contributed by atoms with E-state index in [0.29, 0.717) is 6.10 Å². The van der Waals surface area contributed by atoms with Gasteiger partial charge in [0, 0.05) is 53.6 Å². The Kier molecular flexibility index (Phi) is 9.58. The zero-order valence-electron chi connectivity index (χ0n) is 16.5. The van der Waals surface area contributed by atoms with E-state index in [1.54, 1.807) is 7.11 Å². The molecule has 1 N–H and O–H groups in total. The number of guanidine groups is 1. The summed E-state index contributed by atoms with van der Waals surface area (Å²) in [4.78, 5) is 9.47. The lowest BCUT2D eigenvalue weighted by molar-refractivity contribution is 0.00988. The molecule has 25 heavy (non-hydrogen) atoms. The Balaban J connectivity index is 1.63. The summed E-state index contributed by atoms with van der Waals surface area (Å²) in [7, 11) is 3.64. The fourth-order valence-corrected chi connectivity index (χ4v) is 3.85. The van der Waals surface area contributed by atoms with Crippen LogP contribution in [0, 0.1) is 5.92 Å². The van der Waals surface area contributed by atoms with Crippen LogP contribution in [-0.4, -0.2) is 88.5 Å². The molecule has 0 aromatic heterocycles. The van der Waals surface area contributed by atoms with Crippen molar-refractivity contribution >= 4 is 5.96 Å². The molecule has 0 aromatic carbocycles. The van der Waals surface area contributed by atoms with E-state index in [-0.39, 0.29) is 0 Å². The monoisotopic (exact) mass is 354 g/mol. The number of likely N-dealkylation sites (tertiary alicyclic amines) is 2. The molecular formula is C19H38N4O2. The van der Waals surface area contributed by atoms with Crippen LogP contribution in [0.25, 0.3) is 0 Å². The van der Waals surface area contributed by atoms with Crippen LogP contribution in [0.4, 0.5) is 0 Å². The van der Waals surface area contributed by atoms with Gasteiger partial charge in [0.1, 0.15) is 0 Å². The largest absolute Gasteiger partial charge is 0.385 e. The maximum absolute atomic E-state index is 5.95. The Bertz CT molecular complexity index is 384. The van der Waals surface area contributed by atoms with Crippen molar-refractivity contribution in [1.29, 1.82) is 0 Å². The van der Waals surface area contributed by atoms with E-state index in [4.69, 9.17) is 9.47 Å². The van der Waals surface area contributed by atoms with Gasteiger partial charge in [-0.2, -0.15) is 0 Å². The van der Waals surface area contributed by atoms with Crippen LogP contribution in [0.1, 0.15) is 39.0 Å². The molecule has 2 aliphatic heterocycles. The van der Waals surface area contributed by atoms with Crippen molar-refractivity contribution in [2.75, 3.05) is 66.6 Å². The molecule has 2 saturated heterocycles. The number of nitrogens with one attached hydrogen (secondary N) is 1. The number of hydrogen-bond acceptors (Lipinski definition) is 4. The summed E-state index contributed by atoms with van der Waals surface area (Å²) in [5.41, 5.74) is 0. The first-order valence-electron chi connectivity index (χ1n) is 10.0. The van der Waals surface area contributed by atoms with Gasteiger partial charge in [0.15, 0.2) is 5.96 Å². The van der Waals surface area contributed by atoms with Gasteiger partial charge in [-0.3, -0.25) is 4.99 Å². The van der Waals surface area contributed by atoms with Crippen molar-refractivity contribution in [2.45, 2.75) is 45.1 Å². The van der Waals surface area contributed by atoms with Crippen molar-refractivity contribution < 1.29 is 9.47 Å². The van der Waals surface area contributed by atoms with E-state index in [2.05, 4.69) is 27.0 Å². The predicted octanol–water partition coefficient (Wildman–Crippen LogP) is 1.81. The molecule has 0 aliphatic carbocycles. The lowest BCUT2D eigenvalue weighted by atomic mass is 10.1. The fourth-order valence-electron chi connectivity index (χ4n) is 3.85. The summed E-state index contributed by atoms with van der Waals surface area (Å²) in [6.07, 6.45) is 6.11. The summed E-state index contributed by atoms with van der Waals surface area (Å²) in [5.74, 6) is 1.82. The van der Waals surface area contributed by atoms with Gasteiger partial charge in [-0.1, -0.05) is 6.92 Å². The number of methoxy groups -OCH3 is 1. The van der Waals surface area contributed by atoms with Crippen LogP contribution in [0.5, 0.6) is 0 Å². The molecule has 1 unspecified atom stereocenters. The molecular weight excluding hydrogens is 316 g/mol. The highest BCUT2D eigenvalue weighted by molar-refractivity contribution is 5.79. The van der Waals surface area contributed by atoms with E-state index in [0.717, 1.165) is 64.0 Å². The van der Waals surface area contributed by atoms with Gasteiger partial charge in [-0.05, 0) is 51.1 Å². The molecule has 2 heterocycles. The van der Waals surface area contributed by atoms with Crippen LogP contribution >= 0.6 is 0 Å². The molecule has 0 radical (unpaired) electrons. The third-order valence-corrected chi connectivity index (χ3v) is 5.26. The maximum Gasteiger partial charge on any atom is 0.193 e. The smallest absolute Gasteiger partial charge is 0.193 e. The first-order valence-corrected chi connectivity index (χ1v) is 10.0. The Labute approximate surface area is 153 Å². The standard InChI is InChI=1S/C19H38N4O2/c1-4-9-22-10-6-17(16-22)15-21-19(20-2)23-11-7-18(8-12-23)25-14-5-13-24-3/h17-18H,4-16H2,1-3H3,(H,20,21). The van der Waals surface area contributed by atoms with Gasteiger partial charge >= 0.3 is 0 Å². The molecule has 0 aromatic rings. The maximum atomic E-state index is 5.95. The molecule has 0 spiro atoms. The minimum absolute atomic E-state index is 0.392. The molecule has 6 nitrogen and oxygen atoms in total. The van der Waals surface area contributed by atoms with Crippen LogP contribution in [0.2, 0.25) is 0 Å². The van der Waals surface area contributed by atoms with E-state index in [1.807, 2.05) is 7.05 Å². The van der Waals surface area contributed by atoms with Gasteiger partial charge in [0.2, 0.25) is 0 Å². The lowest BCUT2D eigenvalue weighted by Crippen LogP contribution is -2.48. The summed E-state index contributed by atoms with van der Waals surface area (Å²) in [5, 5.41) is 3.61. The second kappa shape index (κ2) is 11.7. The number of rotatable bonds is 9. The van der Waals surface area contributed by atoms with Gasteiger partial charge in [0.05, 0.1) is 6.10 Å². The Morgan fingerprint density at radius 2 is 1.96 bits per heavy atom. The molecule has 2 rings (SSSR count). The van der Waals surface area contributed by atoms with E-state index in [1.165, 1.54) is 32.5 Å². The highest BCUT2D eigenvalue weighted by atomic mass is 16.5. The van der Waals surface area contributed by atoms with Gasteiger partial charge in [-0.25, -0.2) is 0 Å². The summed E-state index contributed by atoms with van der Waals surface area (Å²) < 4.78 is 11.0. The molecule has 146 valence electrons.